The van der Waals surface area contributed by atoms with Gasteiger partial charge in [0.2, 0.25) is 0 Å². The second-order valence-electron chi connectivity index (χ2n) is 8.29. The zero-order valence-corrected chi connectivity index (χ0v) is 17.0. The van der Waals surface area contributed by atoms with Crippen molar-refractivity contribution in [1.82, 2.24) is 5.32 Å². The molecule has 0 bridgehead atoms. The number of guanidine groups is 1. The number of carbonyl (C=O) groups is 2. The van der Waals surface area contributed by atoms with Crippen molar-refractivity contribution in [3.05, 3.63) is 29.8 Å². The monoisotopic (exact) mass is 393 g/mol. The first-order chi connectivity index (χ1) is 12.6. The molecule has 0 saturated heterocycles. The van der Waals surface area contributed by atoms with Crippen LogP contribution in [-0.4, -0.2) is 46.3 Å². The Morgan fingerprint density at radius 3 is 1.86 bits per heavy atom. The van der Waals surface area contributed by atoms with E-state index in [2.05, 4.69) is 5.32 Å². The van der Waals surface area contributed by atoms with Crippen molar-refractivity contribution >= 4 is 30.5 Å². The van der Waals surface area contributed by atoms with Gasteiger partial charge in [0.05, 0.1) is 0 Å². The summed E-state index contributed by atoms with van der Waals surface area (Å²) in [4.78, 5) is 26.3. The maximum atomic E-state index is 13.2. The quantitative estimate of drug-likeness (QED) is 0.151. The summed E-state index contributed by atoms with van der Waals surface area (Å²) in [5.41, 5.74) is 1.24. The molecule has 0 fully saturated rings. The Kier molecular flexibility index (Phi) is 6.86. The van der Waals surface area contributed by atoms with Gasteiger partial charge in [-0.15, -0.1) is 0 Å². The maximum absolute atomic E-state index is 13.2. The van der Waals surface area contributed by atoms with Gasteiger partial charge in [0.1, 0.15) is 11.2 Å². The Bertz CT molecular complexity index is 724. The van der Waals surface area contributed by atoms with Gasteiger partial charge in [0, 0.05) is 0 Å². The zero-order chi connectivity index (χ0) is 21.9. The zero-order valence-electron chi connectivity index (χ0n) is 17.0. The molecule has 1 aromatic rings. The van der Waals surface area contributed by atoms with Gasteiger partial charge in [-0.1, -0.05) is 24.3 Å². The first-order valence-corrected chi connectivity index (χ1v) is 8.64. The third kappa shape index (κ3) is 5.96. The molecule has 0 spiro atoms. The van der Waals surface area contributed by atoms with Crippen LogP contribution >= 0.6 is 0 Å². The molecule has 0 amide bonds. The van der Waals surface area contributed by atoms with Crippen LogP contribution in [0.4, 0.5) is 0 Å². The normalized spacial score (nSPS) is 12.1. The van der Waals surface area contributed by atoms with Crippen LogP contribution in [0.15, 0.2) is 24.3 Å². The van der Waals surface area contributed by atoms with Gasteiger partial charge in [0.15, 0.2) is 5.96 Å². The molecule has 1 aromatic carbocycles. The van der Waals surface area contributed by atoms with E-state index in [0.29, 0.717) is 0 Å². The third-order valence-electron chi connectivity index (χ3n) is 3.35. The minimum absolute atomic E-state index is 0.0169. The molecule has 0 aliphatic rings. The van der Waals surface area contributed by atoms with E-state index in [0.717, 1.165) is 0 Å². The Morgan fingerprint density at radius 1 is 1.04 bits per heavy atom. The van der Waals surface area contributed by atoms with Gasteiger partial charge < -0.3 is 30.6 Å². The van der Waals surface area contributed by atoms with Crippen molar-refractivity contribution in [2.45, 2.75) is 58.3 Å². The van der Waals surface area contributed by atoms with E-state index in [9.17, 15) is 19.6 Å². The fraction of sp³-hybridized carbons (Fsp3) is 0.500. The SMILES string of the molecule is CC(C)(C)OC(=O)C(NC(=N)N)(C(=O)OC(C)(C)C)c1cccc(B(O)O)c1. The molecule has 6 N–H and O–H groups in total. The number of hydrogen-bond acceptors (Lipinski definition) is 7. The lowest BCUT2D eigenvalue weighted by molar-refractivity contribution is -0.179. The minimum atomic E-state index is -2.32. The molecule has 9 nitrogen and oxygen atoms in total. The number of esters is 2. The van der Waals surface area contributed by atoms with Gasteiger partial charge >= 0.3 is 19.1 Å². The number of hydrogen-bond donors (Lipinski definition) is 5. The van der Waals surface area contributed by atoms with E-state index >= 15 is 0 Å². The summed E-state index contributed by atoms with van der Waals surface area (Å²) in [7, 11) is -1.84. The predicted molar refractivity (Wildman–Crippen MR) is 105 cm³/mol. The fourth-order valence-corrected chi connectivity index (χ4v) is 2.34. The number of nitrogens with two attached hydrogens (primary N) is 1. The highest BCUT2D eigenvalue weighted by molar-refractivity contribution is 6.58. The average Bonchev–Trinajstić information content (AvgIpc) is 2.48. The smallest absolute Gasteiger partial charge is 0.458 e. The standard InChI is InChI=1S/C18H28BN3O6/c1-16(2,3)27-13(23)18(22-15(20)21,14(24)28-17(4,5)6)11-8-7-9-12(10-11)19(25)26/h7-10,25-26H,1-6H3,(H4,20,21,22). The molecule has 154 valence electrons. The molecule has 28 heavy (non-hydrogen) atoms. The van der Waals surface area contributed by atoms with Gasteiger partial charge in [-0.2, -0.15) is 0 Å². The molecule has 0 aromatic heterocycles. The Labute approximate surface area is 164 Å². The number of benzene rings is 1. The van der Waals surface area contributed by atoms with Crippen LogP contribution in [-0.2, 0) is 24.6 Å². The van der Waals surface area contributed by atoms with Crippen LogP contribution in [0.3, 0.4) is 0 Å². The van der Waals surface area contributed by atoms with Crippen LogP contribution in [0.5, 0.6) is 0 Å². The summed E-state index contributed by atoms with van der Waals surface area (Å²) in [6, 6.07) is 5.45. The van der Waals surface area contributed by atoms with Crippen LogP contribution in [0.1, 0.15) is 47.1 Å². The number of carbonyl (C=O) groups excluding carboxylic acids is 2. The molecular formula is C18H28BN3O6. The third-order valence-corrected chi connectivity index (χ3v) is 3.35. The minimum Gasteiger partial charge on any atom is -0.458 e. The maximum Gasteiger partial charge on any atom is 0.488 e. The fourth-order valence-electron chi connectivity index (χ4n) is 2.34. The van der Waals surface area contributed by atoms with E-state index in [4.69, 9.17) is 20.6 Å². The molecule has 1 rings (SSSR count). The molecule has 10 heteroatoms. The Morgan fingerprint density at radius 2 is 1.50 bits per heavy atom. The lowest BCUT2D eigenvalue weighted by atomic mass is 9.77. The van der Waals surface area contributed by atoms with Gasteiger partial charge in [0.25, 0.3) is 5.54 Å². The van der Waals surface area contributed by atoms with Gasteiger partial charge in [-0.25, -0.2) is 9.59 Å². The molecule has 0 heterocycles. The molecule has 0 radical (unpaired) electrons. The van der Waals surface area contributed by atoms with Crippen LogP contribution in [0.2, 0.25) is 0 Å². The van der Waals surface area contributed by atoms with Crippen molar-refractivity contribution < 1.29 is 29.1 Å². The molecule has 0 unspecified atom stereocenters. The highest BCUT2D eigenvalue weighted by Gasteiger charge is 2.53. The summed E-state index contributed by atoms with van der Waals surface area (Å²) in [5.74, 6) is -2.77. The summed E-state index contributed by atoms with van der Waals surface area (Å²) in [6.45, 7) is 9.70. The first-order valence-electron chi connectivity index (χ1n) is 8.64. The predicted octanol–water partition coefficient (Wildman–Crippen LogP) is -0.272. The topological polar surface area (TPSA) is 155 Å². The molecule has 0 aliphatic carbocycles. The van der Waals surface area contributed by atoms with Crippen LogP contribution in [0.25, 0.3) is 0 Å². The summed E-state index contributed by atoms with van der Waals surface area (Å²) in [5, 5.41) is 29.0. The molecular weight excluding hydrogens is 365 g/mol. The van der Waals surface area contributed by atoms with Crippen molar-refractivity contribution in [3.8, 4) is 0 Å². The van der Waals surface area contributed by atoms with Crippen molar-refractivity contribution in [2.75, 3.05) is 0 Å². The number of ether oxygens (including phenoxy) is 2. The molecule has 0 atom stereocenters. The second-order valence-corrected chi connectivity index (χ2v) is 8.29. The second kappa shape index (κ2) is 8.20. The van der Waals surface area contributed by atoms with E-state index in [1.165, 1.54) is 24.3 Å². The highest BCUT2D eigenvalue weighted by Crippen LogP contribution is 2.29. The lowest BCUT2D eigenvalue weighted by Crippen LogP contribution is -2.62. The lowest BCUT2D eigenvalue weighted by Gasteiger charge is -2.35. The van der Waals surface area contributed by atoms with E-state index in [-0.39, 0.29) is 11.0 Å². The summed E-state index contributed by atoms with van der Waals surface area (Å²) < 4.78 is 10.8. The van der Waals surface area contributed by atoms with Gasteiger partial charge in [-0.3, -0.25) is 5.41 Å². The molecule has 0 aliphatic heterocycles. The first kappa shape index (κ1) is 23.5. The summed E-state index contributed by atoms with van der Waals surface area (Å²) >= 11 is 0. The highest BCUT2D eigenvalue weighted by atomic mass is 16.6. The van der Waals surface area contributed by atoms with Crippen LogP contribution < -0.4 is 16.5 Å². The Hall–Kier alpha value is -2.59. The van der Waals surface area contributed by atoms with E-state index in [1.807, 2.05) is 0 Å². The number of rotatable bonds is 5. The van der Waals surface area contributed by atoms with E-state index in [1.54, 1.807) is 41.5 Å². The van der Waals surface area contributed by atoms with E-state index < -0.39 is 41.8 Å². The number of nitrogens with one attached hydrogen (secondary N) is 2. The molecule has 0 saturated carbocycles. The van der Waals surface area contributed by atoms with Crippen LogP contribution in [0, 0.1) is 5.41 Å². The van der Waals surface area contributed by atoms with Gasteiger partial charge in [-0.05, 0) is 52.6 Å². The van der Waals surface area contributed by atoms with Crippen molar-refractivity contribution in [1.29, 1.82) is 5.41 Å². The van der Waals surface area contributed by atoms with Crippen molar-refractivity contribution in [3.63, 3.8) is 0 Å². The summed E-state index contributed by atoms with van der Waals surface area (Å²) in [6.07, 6.45) is 0. The average molecular weight is 393 g/mol. The Balaban J connectivity index is 3.73. The van der Waals surface area contributed by atoms with Crippen molar-refractivity contribution in [2.24, 2.45) is 5.73 Å². The largest absolute Gasteiger partial charge is 0.488 e.